The van der Waals surface area contributed by atoms with Crippen molar-refractivity contribution in [3.05, 3.63) is 41.8 Å². The lowest BCUT2D eigenvalue weighted by Gasteiger charge is -2.35. The van der Waals surface area contributed by atoms with Gasteiger partial charge in [0.05, 0.1) is 12.1 Å². The number of hydrogen-bond donors (Lipinski definition) is 1. The van der Waals surface area contributed by atoms with Gasteiger partial charge in [0.2, 0.25) is 11.8 Å². The summed E-state index contributed by atoms with van der Waals surface area (Å²) >= 11 is 0. The SMILES string of the molecule is Cc1oc(-c2ccccc2)nc1CC(=O)NC[C@H]1CCCN(C(C)C)C1. The standard InChI is InChI=1S/C21H29N3O2/c1-15(2)24-11-7-8-17(14-24)13-22-20(25)12-19-16(3)26-21(23-19)18-9-5-4-6-10-18/h4-6,9-10,15,17H,7-8,11-14H2,1-3H3,(H,22,25)/t17-/m1/s1. The first-order valence-corrected chi connectivity index (χ1v) is 9.55. The first-order valence-electron chi connectivity index (χ1n) is 9.55. The molecule has 1 amide bonds. The lowest BCUT2D eigenvalue weighted by molar-refractivity contribution is -0.120. The van der Waals surface area contributed by atoms with E-state index >= 15 is 0 Å². The van der Waals surface area contributed by atoms with Crippen LogP contribution in [0.25, 0.3) is 11.5 Å². The molecule has 5 nitrogen and oxygen atoms in total. The van der Waals surface area contributed by atoms with E-state index in [2.05, 4.69) is 29.0 Å². The van der Waals surface area contributed by atoms with Crippen LogP contribution in [0.5, 0.6) is 0 Å². The van der Waals surface area contributed by atoms with Crippen molar-refractivity contribution in [2.75, 3.05) is 19.6 Å². The Labute approximate surface area is 155 Å². The highest BCUT2D eigenvalue weighted by atomic mass is 16.4. The first kappa shape index (κ1) is 18.6. The largest absolute Gasteiger partial charge is 0.441 e. The summed E-state index contributed by atoms with van der Waals surface area (Å²) in [5.74, 6) is 1.84. The molecule has 0 radical (unpaired) electrons. The molecule has 3 rings (SSSR count). The van der Waals surface area contributed by atoms with Crippen molar-refractivity contribution in [3.63, 3.8) is 0 Å². The number of hydrogen-bond acceptors (Lipinski definition) is 4. The summed E-state index contributed by atoms with van der Waals surface area (Å²) in [6.45, 7) is 9.31. The Morgan fingerprint density at radius 2 is 2.12 bits per heavy atom. The Balaban J connectivity index is 1.53. The van der Waals surface area contributed by atoms with Gasteiger partial charge in [0.15, 0.2) is 0 Å². The highest BCUT2D eigenvalue weighted by molar-refractivity contribution is 5.78. The molecule has 1 fully saturated rings. The summed E-state index contributed by atoms with van der Waals surface area (Å²) in [5.41, 5.74) is 1.65. The molecule has 1 aliphatic rings. The summed E-state index contributed by atoms with van der Waals surface area (Å²) in [6, 6.07) is 10.3. The van der Waals surface area contributed by atoms with Gasteiger partial charge >= 0.3 is 0 Å². The zero-order chi connectivity index (χ0) is 18.5. The number of benzene rings is 1. The van der Waals surface area contributed by atoms with Crippen molar-refractivity contribution in [1.29, 1.82) is 0 Å². The number of nitrogens with zero attached hydrogens (tertiary/aromatic N) is 2. The van der Waals surface area contributed by atoms with Crippen molar-refractivity contribution in [1.82, 2.24) is 15.2 Å². The normalized spacial score (nSPS) is 18.2. The van der Waals surface area contributed by atoms with Gasteiger partial charge in [-0.25, -0.2) is 4.98 Å². The van der Waals surface area contributed by atoms with Crippen LogP contribution in [-0.2, 0) is 11.2 Å². The van der Waals surface area contributed by atoms with Gasteiger partial charge in [-0.05, 0) is 58.2 Å². The maximum atomic E-state index is 12.4. The van der Waals surface area contributed by atoms with E-state index < -0.39 is 0 Å². The second-order valence-electron chi connectivity index (χ2n) is 7.47. The molecule has 2 heterocycles. The number of likely N-dealkylation sites (tertiary alicyclic amines) is 1. The van der Waals surface area contributed by atoms with Crippen molar-refractivity contribution in [2.24, 2.45) is 5.92 Å². The number of nitrogens with one attached hydrogen (secondary N) is 1. The fraction of sp³-hybridized carbons (Fsp3) is 0.524. The van der Waals surface area contributed by atoms with Crippen LogP contribution in [-0.4, -0.2) is 41.5 Å². The number of carbonyl (C=O) groups is 1. The van der Waals surface area contributed by atoms with Crippen molar-refractivity contribution in [2.45, 2.75) is 46.1 Å². The van der Waals surface area contributed by atoms with E-state index in [1.807, 2.05) is 37.3 Å². The fourth-order valence-electron chi connectivity index (χ4n) is 3.50. The highest BCUT2D eigenvalue weighted by Crippen LogP contribution is 2.22. The Kier molecular flexibility index (Phi) is 6.09. The van der Waals surface area contributed by atoms with Gasteiger partial charge in [0, 0.05) is 24.7 Å². The molecular formula is C21H29N3O2. The van der Waals surface area contributed by atoms with Gasteiger partial charge in [-0.3, -0.25) is 4.79 Å². The molecule has 0 aliphatic carbocycles. The molecule has 26 heavy (non-hydrogen) atoms. The number of piperidine rings is 1. The third kappa shape index (κ3) is 4.73. The molecule has 0 bridgehead atoms. The Hall–Kier alpha value is -2.14. The maximum Gasteiger partial charge on any atom is 0.226 e. The monoisotopic (exact) mass is 355 g/mol. The molecule has 0 spiro atoms. The van der Waals surface area contributed by atoms with Crippen molar-refractivity contribution in [3.8, 4) is 11.5 Å². The van der Waals surface area contributed by atoms with Crippen LogP contribution in [0.3, 0.4) is 0 Å². The average molecular weight is 355 g/mol. The topological polar surface area (TPSA) is 58.4 Å². The van der Waals surface area contributed by atoms with Gasteiger partial charge in [0.25, 0.3) is 0 Å². The van der Waals surface area contributed by atoms with Gasteiger partial charge in [-0.15, -0.1) is 0 Å². The molecule has 1 aromatic heterocycles. The second kappa shape index (κ2) is 8.49. The van der Waals surface area contributed by atoms with Crippen molar-refractivity contribution >= 4 is 5.91 Å². The number of carbonyl (C=O) groups excluding carboxylic acids is 1. The van der Waals surface area contributed by atoms with E-state index in [1.54, 1.807) is 0 Å². The molecule has 0 unspecified atom stereocenters. The lowest BCUT2D eigenvalue weighted by atomic mass is 9.97. The summed E-state index contributed by atoms with van der Waals surface area (Å²) in [7, 11) is 0. The third-order valence-corrected chi connectivity index (χ3v) is 5.11. The minimum Gasteiger partial charge on any atom is -0.441 e. The number of amides is 1. The van der Waals surface area contributed by atoms with Crippen LogP contribution in [0.2, 0.25) is 0 Å². The summed E-state index contributed by atoms with van der Waals surface area (Å²) in [4.78, 5) is 19.4. The predicted octanol–water partition coefficient (Wildman–Crippen LogP) is 3.43. The number of aryl methyl sites for hydroxylation is 1. The van der Waals surface area contributed by atoms with Gasteiger partial charge in [-0.1, -0.05) is 18.2 Å². The van der Waals surface area contributed by atoms with Gasteiger partial charge in [0.1, 0.15) is 5.76 Å². The third-order valence-electron chi connectivity index (χ3n) is 5.11. The highest BCUT2D eigenvalue weighted by Gasteiger charge is 2.22. The van der Waals surface area contributed by atoms with Gasteiger partial charge in [-0.2, -0.15) is 0 Å². The van der Waals surface area contributed by atoms with E-state index in [-0.39, 0.29) is 12.3 Å². The van der Waals surface area contributed by atoms with E-state index in [4.69, 9.17) is 4.42 Å². The molecule has 1 saturated heterocycles. The Morgan fingerprint density at radius 3 is 2.85 bits per heavy atom. The summed E-state index contributed by atoms with van der Waals surface area (Å²) in [5, 5.41) is 3.09. The van der Waals surface area contributed by atoms with Crippen LogP contribution >= 0.6 is 0 Å². The van der Waals surface area contributed by atoms with Crippen LogP contribution in [0.1, 0.15) is 38.1 Å². The molecule has 1 aromatic carbocycles. The second-order valence-corrected chi connectivity index (χ2v) is 7.47. The Bertz CT molecular complexity index is 724. The van der Waals surface area contributed by atoms with Crippen LogP contribution in [0.15, 0.2) is 34.7 Å². The number of oxazole rings is 1. The molecule has 1 N–H and O–H groups in total. The molecule has 2 aromatic rings. The molecule has 1 aliphatic heterocycles. The molecule has 0 saturated carbocycles. The van der Waals surface area contributed by atoms with E-state index in [0.717, 1.165) is 18.7 Å². The van der Waals surface area contributed by atoms with Gasteiger partial charge < -0.3 is 14.6 Å². The maximum absolute atomic E-state index is 12.4. The lowest BCUT2D eigenvalue weighted by Crippen LogP contribution is -2.44. The number of aromatic nitrogens is 1. The molecule has 1 atom stereocenters. The summed E-state index contributed by atoms with van der Waals surface area (Å²) < 4.78 is 5.74. The van der Waals surface area contributed by atoms with E-state index in [0.29, 0.717) is 29.3 Å². The van der Waals surface area contributed by atoms with E-state index in [1.165, 1.54) is 19.4 Å². The molecule has 5 heteroatoms. The summed E-state index contributed by atoms with van der Waals surface area (Å²) in [6.07, 6.45) is 2.66. The van der Waals surface area contributed by atoms with Crippen LogP contribution in [0.4, 0.5) is 0 Å². The zero-order valence-corrected chi connectivity index (χ0v) is 16.0. The number of rotatable bonds is 6. The minimum atomic E-state index is 0.0164. The predicted molar refractivity (Wildman–Crippen MR) is 103 cm³/mol. The first-order chi connectivity index (χ1) is 12.5. The zero-order valence-electron chi connectivity index (χ0n) is 16.0. The molecular weight excluding hydrogens is 326 g/mol. The average Bonchev–Trinajstić information content (AvgIpc) is 3.01. The van der Waals surface area contributed by atoms with Crippen LogP contribution < -0.4 is 5.32 Å². The smallest absolute Gasteiger partial charge is 0.226 e. The Morgan fingerprint density at radius 1 is 1.35 bits per heavy atom. The van der Waals surface area contributed by atoms with E-state index in [9.17, 15) is 4.79 Å². The molecule has 140 valence electrons. The fourth-order valence-corrected chi connectivity index (χ4v) is 3.50. The quantitative estimate of drug-likeness (QED) is 0.862. The van der Waals surface area contributed by atoms with Crippen molar-refractivity contribution < 1.29 is 9.21 Å². The minimum absolute atomic E-state index is 0.0164. The van der Waals surface area contributed by atoms with Crippen LogP contribution in [0, 0.1) is 12.8 Å².